The van der Waals surface area contributed by atoms with E-state index in [2.05, 4.69) is 17.0 Å². The number of carbonyl (C=O) groups is 1. The van der Waals surface area contributed by atoms with Gasteiger partial charge in [0.1, 0.15) is 11.8 Å². The first-order chi connectivity index (χ1) is 14.8. The molecule has 8 heteroatoms. The fourth-order valence-corrected chi connectivity index (χ4v) is 5.16. The quantitative estimate of drug-likeness (QED) is 0.625. The lowest BCUT2D eigenvalue weighted by atomic mass is 10.1. The molecular formula is C23H31N3O4S. The Morgan fingerprint density at radius 3 is 2.16 bits per heavy atom. The highest BCUT2D eigenvalue weighted by molar-refractivity contribution is 7.92. The Morgan fingerprint density at radius 1 is 1.03 bits per heavy atom. The van der Waals surface area contributed by atoms with Crippen molar-refractivity contribution in [2.75, 3.05) is 43.8 Å². The van der Waals surface area contributed by atoms with Crippen LogP contribution in [0.2, 0.25) is 0 Å². The summed E-state index contributed by atoms with van der Waals surface area (Å²) in [5.74, 6) is 0.481. The SMILES string of the molecule is CCC(C(=O)N1CCN(Cc2ccccc2)CC1)N(c1ccc(OC)cc1)S(C)(=O)=O. The summed E-state index contributed by atoms with van der Waals surface area (Å²) in [4.78, 5) is 17.5. The summed E-state index contributed by atoms with van der Waals surface area (Å²) in [6.45, 7) is 5.39. The summed E-state index contributed by atoms with van der Waals surface area (Å²) in [5.41, 5.74) is 1.71. The van der Waals surface area contributed by atoms with Crippen molar-refractivity contribution in [1.29, 1.82) is 0 Å². The molecule has 0 saturated carbocycles. The minimum absolute atomic E-state index is 0.150. The number of benzene rings is 2. The Bertz CT molecular complexity index is 956. The summed E-state index contributed by atoms with van der Waals surface area (Å²) >= 11 is 0. The van der Waals surface area contributed by atoms with Gasteiger partial charge in [-0.3, -0.25) is 14.0 Å². The molecule has 3 rings (SSSR count). The molecule has 0 bridgehead atoms. The maximum atomic E-state index is 13.4. The summed E-state index contributed by atoms with van der Waals surface area (Å²) in [5, 5.41) is 0. The Morgan fingerprint density at radius 2 is 1.65 bits per heavy atom. The molecule has 7 nitrogen and oxygen atoms in total. The molecule has 2 aromatic rings. The highest BCUT2D eigenvalue weighted by atomic mass is 32.2. The number of hydrogen-bond donors (Lipinski definition) is 0. The van der Waals surface area contributed by atoms with Gasteiger partial charge in [0.25, 0.3) is 0 Å². The lowest BCUT2D eigenvalue weighted by Crippen LogP contribution is -2.55. The molecule has 31 heavy (non-hydrogen) atoms. The van der Waals surface area contributed by atoms with E-state index in [0.29, 0.717) is 30.9 Å². The third-order valence-corrected chi connectivity index (χ3v) is 6.75. The van der Waals surface area contributed by atoms with Crippen LogP contribution in [0.25, 0.3) is 0 Å². The van der Waals surface area contributed by atoms with Crippen molar-refractivity contribution < 1.29 is 17.9 Å². The zero-order chi connectivity index (χ0) is 22.4. The van der Waals surface area contributed by atoms with Gasteiger partial charge in [0.05, 0.1) is 19.1 Å². The van der Waals surface area contributed by atoms with Gasteiger partial charge in [0.15, 0.2) is 0 Å². The molecule has 1 aliphatic rings. The molecule has 1 amide bonds. The first-order valence-electron chi connectivity index (χ1n) is 10.5. The molecule has 1 saturated heterocycles. The number of amides is 1. The molecule has 2 aromatic carbocycles. The number of carbonyl (C=O) groups excluding carboxylic acids is 1. The molecule has 0 radical (unpaired) electrons. The molecule has 1 aliphatic heterocycles. The van der Waals surface area contributed by atoms with Crippen LogP contribution in [0.5, 0.6) is 5.75 Å². The van der Waals surface area contributed by atoms with Gasteiger partial charge < -0.3 is 9.64 Å². The van der Waals surface area contributed by atoms with Crippen molar-refractivity contribution in [3.63, 3.8) is 0 Å². The molecular weight excluding hydrogens is 414 g/mol. The molecule has 0 aliphatic carbocycles. The van der Waals surface area contributed by atoms with Crippen LogP contribution in [0.3, 0.4) is 0 Å². The minimum atomic E-state index is -3.65. The van der Waals surface area contributed by atoms with Gasteiger partial charge in [-0.1, -0.05) is 37.3 Å². The van der Waals surface area contributed by atoms with Crippen LogP contribution < -0.4 is 9.04 Å². The number of sulfonamides is 1. The van der Waals surface area contributed by atoms with Crippen molar-refractivity contribution in [3.8, 4) is 5.75 Å². The summed E-state index contributed by atoms with van der Waals surface area (Å²) in [6.07, 6.45) is 1.53. The molecule has 0 spiro atoms. The Kier molecular flexibility index (Phi) is 7.56. The fourth-order valence-electron chi connectivity index (χ4n) is 3.95. The average molecular weight is 446 g/mol. The molecule has 1 unspecified atom stereocenters. The first-order valence-corrected chi connectivity index (χ1v) is 12.4. The van der Waals surface area contributed by atoms with Crippen LogP contribution in [-0.4, -0.2) is 69.7 Å². The Labute approximate surface area is 185 Å². The number of rotatable bonds is 8. The van der Waals surface area contributed by atoms with Gasteiger partial charge in [-0.25, -0.2) is 8.42 Å². The summed E-state index contributed by atoms with van der Waals surface area (Å²) < 4.78 is 31.7. The third kappa shape index (κ3) is 5.77. The van der Waals surface area contributed by atoms with E-state index in [-0.39, 0.29) is 5.91 Å². The van der Waals surface area contributed by atoms with Crippen LogP contribution in [0, 0.1) is 0 Å². The van der Waals surface area contributed by atoms with E-state index in [9.17, 15) is 13.2 Å². The molecule has 168 valence electrons. The Balaban J connectivity index is 1.71. The van der Waals surface area contributed by atoms with E-state index in [0.717, 1.165) is 25.9 Å². The van der Waals surface area contributed by atoms with Crippen LogP contribution in [-0.2, 0) is 21.4 Å². The van der Waals surface area contributed by atoms with Gasteiger partial charge in [-0.15, -0.1) is 0 Å². The number of piperazine rings is 1. The maximum Gasteiger partial charge on any atom is 0.246 e. The predicted molar refractivity (Wildman–Crippen MR) is 123 cm³/mol. The van der Waals surface area contributed by atoms with E-state index in [1.807, 2.05) is 25.1 Å². The minimum Gasteiger partial charge on any atom is -0.497 e. The van der Waals surface area contributed by atoms with E-state index < -0.39 is 16.1 Å². The monoisotopic (exact) mass is 445 g/mol. The van der Waals surface area contributed by atoms with E-state index in [1.54, 1.807) is 36.3 Å². The number of anilines is 1. The van der Waals surface area contributed by atoms with Gasteiger partial charge in [-0.05, 0) is 36.2 Å². The lowest BCUT2D eigenvalue weighted by Gasteiger charge is -2.39. The molecule has 1 heterocycles. The van der Waals surface area contributed by atoms with Crippen LogP contribution in [0.4, 0.5) is 5.69 Å². The molecule has 1 fully saturated rings. The van der Waals surface area contributed by atoms with Gasteiger partial charge in [0.2, 0.25) is 15.9 Å². The lowest BCUT2D eigenvalue weighted by molar-refractivity contribution is -0.134. The van der Waals surface area contributed by atoms with Crippen molar-refractivity contribution in [1.82, 2.24) is 9.80 Å². The van der Waals surface area contributed by atoms with Crippen LogP contribution in [0.15, 0.2) is 54.6 Å². The topological polar surface area (TPSA) is 70.2 Å². The second-order valence-corrected chi connectivity index (χ2v) is 9.63. The van der Waals surface area contributed by atoms with Gasteiger partial charge >= 0.3 is 0 Å². The van der Waals surface area contributed by atoms with Gasteiger partial charge in [-0.2, -0.15) is 0 Å². The maximum absolute atomic E-state index is 13.4. The summed E-state index contributed by atoms with van der Waals surface area (Å²) in [7, 11) is -2.09. The normalized spacial score (nSPS) is 16.0. The Hall–Kier alpha value is -2.58. The number of ether oxygens (including phenoxy) is 1. The first kappa shape index (κ1) is 23.1. The summed E-state index contributed by atoms with van der Waals surface area (Å²) in [6, 6.07) is 16.2. The molecule has 0 N–H and O–H groups in total. The largest absolute Gasteiger partial charge is 0.497 e. The molecule has 0 aromatic heterocycles. The standard InChI is InChI=1S/C23H31N3O4S/c1-4-22(26(31(3,28)29)20-10-12-21(30-2)13-11-20)23(27)25-16-14-24(15-17-25)18-19-8-6-5-7-9-19/h5-13,22H,4,14-18H2,1-3H3. The number of nitrogens with zero attached hydrogens (tertiary/aromatic N) is 3. The van der Waals surface area contributed by atoms with Crippen LogP contribution >= 0.6 is 0 Å². The second kappa shape index (κ2) is 10.2. The highest BCUT2D eigenvalue weighted by Gasteiger charge is 2.35. The van der Waals surface area contributed by atoms with Crippen molar-refractivity contribution in [3.05, 3.63) is 60.2 Å². The number of methoxy groups -OCH3 is 1. The zero-order valence-corrected chi connectivity index (χ0v) is 19.2. The van der Waals surface area contributed by atoms with Crippen molar-refractivity contribution in [2.24, 2.45) is 0 Å². The van der Waals surface area contributed by atoms with Crippen LogP contribution in [0.1, 0.15) is 18.9 Å². The van der Waals surface area contributed by atoms with E-state index in [4.69, 9.17) is 4.74 Å². The average Bonchev–Trinajstić information content (AvgIpc) is 2.77. The van der Waals surface area contributed by atoms with E-state index in [1.165, 1.54) is 9.87 Å². The smallest absolute Gasteiger partial charge is 0.246 e. The highest BCUT2D eigenvalue weighted by Crippen LogP contribution is 2.26. The molecule has 1 atom stereocenters. The van der Waals surface area contributed by atoms with Crippen molar-refractivity contribution >= 4 is 21.6 Å². The van der Waals surface area contributed by atoms with E-state index >= 15 is 0 Å². The fraction of sp³-hybridized carbons (Fsp3) is 0.435. The third-order valence-electron chi connectivity index (χ3n) is 5.57. The van der Waals surface area contributed by atoms with Crippen molar-refractivity contribution in [2.45, 2.75) is 25.9 Å². The second-order valence-electron chi connectivity index (χ2n) is 7.77. The zero-order valence-electron chi connectivity index (χ0n) is 18.4. The van der Waals surface area contributed by atoms with Gasteiger partial charge in [0, 0.05) is 32.7 Å². The predicted octanol–water partition coefficient (Wildman–Crippen LogP) is 2.58. The number of hydrogen-bond acceptors (Lipinski definition) is 5.